The lowest BCUT2D eigenvalue weighted by Crippen LogP contribution is -2.47. The number of esters is 1. The van der Waals surface area contributed by atoms with Gasteiger partial charge >= 0.3 is 5.97 Å². The molecule has 86 valence electrons. The summed E-state index contributed by atoms with van der Waals surface area (Å²) in [6.07, 6.45) is -3.93. The number of amides is 1. The lowest BCUT2D eigenvalue weighted by atomic mass is 10.0. The topological polar surface area (TPSA) is 116 Å². The second kappa shape index (κ2) is 4.56. The first-order valence-corrected chi connectivity index (χ1v) is 4.42. The van der Waals surface area contributed by atoms with E-state index in [4.69, 9.17) is 5.11 Å². The summed E-state index contributed by atoms with van der Waals surface area (Å²) in [5.41, 5.74) is 0. The summed E-state index contributed by atoms with van der Waals surface area (Å²) < 4.78 is 4.63. The zero-order chi connectivity index (χ0) is 11.6. The quantitative estimate of drug-likeness (QED) is 0.379. The summed E-state index contributed by atoms with van der Waals surface area (Å²) in [4.78, 5) is 21.9. The molecular formula is C8H13NO6. The van der Waals surface area contributed by atoms with Gasteiger partial charge in [-0.05, 0) is 0 Å². The first-order valence-electron chi connectivity index (χ1n) is 4.42. The molecule has 0 saturated carbocycles. The zero-order valence-corrected chi connectivity index (χ0v) is 8.08. The van der Waals surface area contributed by atoms with Crippen molar-refractivity contribution in [2.75, 3.05) is 6.61 Å². The Morgan fingerprint density at radius 1 is 1.67 bits per heavy atom. The van der Waals surface area contributed by atoms with Gasteiger partial charge in [0.2, 0.25) is 5.91 Å². The highest BCUT2D eigenvalue weighted by Gasteiger charge is 2.47. The predicted octanol–water partition coefficient (Wildman–Crippen LogP) is -2.87. The van der Waals surface area contributed by atoms with E-state index in [1.54, 1.807) is 0 Å². The van der Waals surface area contributed by atoms with Crippen molar-refractivity contribution in [3.05, 3.63) is 0 Å². The van der Waals surface area contributed by atoms with Gasteiger partial charge in [-0.2, -0.15) is 0 Å². The van der Waals surface area contributed by atoms with E-state index in [1.165, 1.54) is 6.92 Å². The standard InChI is InChI=1S/C8H13NO6/c1-3(11)9-5-6(13)7(4(12)2-10)15-8(5)14/h4-7,10,12-13H,2H2,1H3,(H,9,11)/t4-,5+,6-,7?/m1/s1. The first-order chi connectivity index (χ1) is 6.97. The van der Waals surface area contributed by atoms with Crippen LogP contribution in [0.15, 0.2) is 0 Å². The van der Waals surface area contributed by atoms with Gasteiger partial charge in [0.1, 0.15) is 12.2 Å². The lowest BCUT2D eigenvalue weighted by molar-refractivity contribution is -0.149. The normalized spacial score (nSPS) is 32.3. The number of carbonyl (C=O) groups is 2. The summed E-state index contributed by atoms with van der Waals surface area (Å²) in [5, 5.41) is 29.6. The Balaban J connectivity index is 2.69. The van der Waals surface area contributed by atoms with Crippen LogP contribution in [0.2, 0.25) is 0 Å². The van der Waals surface area contributed by atoms with Crippen molar-refractivity contribution in [2.45, 2.75) is 31.3 Å². The number of rotatable bonds is 3. The Hall–Kier alpha value is -1.18. The minimum Gasteiger partial charge on any atom is -0.455 e. The molecule has 4 atom stereocenters. The maximum atomic E-state index is 11.2. The number of aliphatic hydroxyl groups excluding tert-OH is 3. The third kappa shape index (κ3) is 2.44. The summed E-state index contributed by atoms with van der Waals surface area (Å²) in [5.74, 6) is -1.31. The molecule has 1 fully saturated rings. The number of ether oxygens (including phenoxy) is 1. The third-order valence-electron chi connectivity index (χ3n) is 2.11. The van der Waals surface area contributed by atoms with E-state index in [2.05, 4.69) is 10.1 Å². The number of cyclic esters (lactones) is 1. The van der Waals surface area contributed by atoms with Gasteiger partial charge in [0.05, 0.1) is 6.61 Å². The van der Waals surface area contributed by atoms with Gasteiger partial charge in [0, 0.05) is 6.92 Å². The van der Waals surface area contributed by atoms with E-state index in [1.807, 2.05) is 0 Å². The Kier molecular flexibility index (Phi) is 3.61. The Morgan fingerprint density at radius 3 is 2.73 bits per heavy atom. The molecule has 1 rings (SSSR count). The van der Waals surface area contributed by atoms with E-state index >= 15 is 0 Å². The van der Waals surface area contributed by atoms with Crippen molar-refractivity contribution >= 4 is 11.9 Å². The van der Waals surface area contributed by atoms with Crippen molar-refractivity contribution < 1.29 is 29.6 Å². The van der Waals surface area contributed by atoms with Crippen LogP contribution in [0, 0.1) is 0 Å². The molecule has 0 bridgehead atoms. The van der Waals surface area contributed by atoms with Gasteiger partial charge in [0.15, 0.2) is 12.1 Å². The molecule has 0 aromatic carbocycles. The minimum atomic E-state index is -1.36. The second-order valence-corrected chi connectivity index (χ2v) is 3.32. The van der Waals surface area contributed by atoms with Crippen LogP contribution in [0.25, 0.3) is 0 Å². The average Bonchev–Trinajstić information content (AvgIpc) is 2.44. The fourth-order valence-corrected chi connectivity index (χ4v) is 1.38. The van der Waals surface area contributed by atoms with Crippen molar-refractivity contribution in [2.24, 2.45) is 0 Å². The number of aliphatic hydroxyl groups is 3. The molecule has 0 spiro atoms. The van der Waals surface area contributed by atoms with Crippen LogP contribution in [0.1, 0.15) is 6.92 Å². The smallest absolute Gasteiger partial charge is 0.331 e. The molecule has 7 nitrogen and oxygen atoms in total. The molecule has 4 N–H and O–H groups in total. The fourth-order valence-electron chi connectivity index (χ4n) is 1.38. The van der Waals surface area contributed by atoms with Gasteiger partial charge in [-0.1, -0.05) is 0 Å². The maximum Gasteiger partial charge on any atom is 0.331 e. The van der Waals surface area contributed by atoms with Gasteiger partial charge < -0.3 is 25.4 Å². The summed E-state index contributed by atoms with van der Waals surface area (Å²) in [6.45, 7) is 0.553. The highest BCUT2D eigenvalue weighted by molar-refractivity contribution is 5.85. The Labute approximate surface area is 85.7 Å². The molecule has 1 aliphatic heterocycles. The van der Waals surface area contributed by atoms with Gasteiger partial charge in [-0.25, -0.2) is 4.79 Å². The molecule has 1 unspecified atom stereocenters. The molecule has 1 amide bonds. The second-order valence-electron chi connectivity index (χ2n) is 3.32. The van der Waals surface area contributed by atoms with Crippen LogP contribution < -0.4 is 5.32 Å². The van der Waals surface area contributed by atoms with Crippen molar-refractivity contribution in [3.63, 3.8) is 0 Å². The van der Waals surface area contributed by atoms with Crippen LogP contribution in [0.5, 0.6) is 0 Å². The van der Waals surface area contributed by atoms with Gasteiger partial charge in [-0.3, -0.25) is 4.79 Å². The fraction of sp³-hybridized carbons (Fsp3) is 0.750. The monoisotopic (exact) mass is 219 g/mol. The molecule has 0 aromatic heterocycles. The van der Waals surface area contributed by atoms with Crippen molar-refractivity contribution in [3.8, 4) is 0 Å². The molecule has 1 heterocycles. The van der Waals surface area contributed by atoms with Crippen LogP contribution in [-0.4, -0.2) is 58.2 Å². The van der Waals surface area contributed by atoms with E-state index in [0.717, 1.165) is 0 Å². The third-order valence-corrected chi connectivity index (χ3v) is 2.11. The predicted molar refractivity (Wildman–Crippen MR) is 46.6 cm³/mol. The molecule has 1 saturated heterocycles. The van der Waals surface area contributed by atoms with Crippen LogP contribution >= 0.6 is 0 Å². The largest absolute Gasteiger partial charge is 0.455 e. The average molecular weight is 219 g/mol. The summed E-state index contributed by atoms with van der Waals surface area (Å²) in [7, 11) is 0. The van der Waals surface area contributed by atoms with Crippen LogP contribution in [0.4, 0.5) is 0 Å². The minimum absolute atomic E-state index is 0.491. The highest BCUT2D eigenvalue weighted by atomic mass is 16.6. The molecule has 0 radical (unpaired) electrons. The van der Waals surface area contributed by atoms with Gasteiger partial charge in [-0.15, -0.1) is 0 Å². The number of nitrogens with one attached hydrogen (secondary N) is 1. The highest BCUT2D eigenvalue weighted by Crippen LogP contribution is 2.18. The summed E-state index contributed by atoms with van der Waals surface area (Å²) in [6, 6.07) is -1.19. The molecular weight excluding hydrogens is 206 g/mol. The lowest BCUT2D eigenvalue weighted by Gasteiger charge is -2.18. The van der Waals surface area contributed by atoms with E-state index in [9.17, 15) is 19.8 Å². The SMILES string of the molecule is CC(=O)N[C@@H]1C(=O)OC([C@H](O)CO)[C@@H]1O. The van der Waals surface area contributed by atoms with Crippen LogP contribution in [0.3, 0.4) is 0 Å². The zero-order valence-electron chi connectivity index (χ0n) is 8.08. The Morgan fingerprint density at radius 2 is 2.27 bits per heavy atom. The maximum absolute atomic E-state index is 11.2. The van der Waals surface area contributed by atoms with Crippen molar-refractivity contribution in [1.82, 2.24) is 5.32 Å². The summed E-state index contributed by atoms with van der Waals surface area (Å²) >= 11 is 0. The van der Waals surface area contributed by atoms with E-state index in [-0.39, 0.29) is 0 Å². The van der Waals surface area contributed by atoms with Crippen LogP contribution in [-0.2, 0) is 14.3 Å². The molecule has 0 aliphatic carbocycles. The molecule has 1 aliphatic rings. The number of hydrogen-bond acceptors (Lipinski definition) is 6. The molecule has 7 heteroatoms. The number of hydrogen-bond donors (Lipinski definition) is 4. The Bertz CT molecular complexity index is 268. The van der Waals surface area contributed by atoms with E-state index in [0.29, 0.717) is 0 Å². The van der Waals surface area contributed by atoms with E-state index < -0.39 is 42.8 Å². The first kappa shape index (κ1) is 11.9. The molecule has 0 aromatic rings. The molecule has 15 heavy (non-hydrogen) atoms. The van der Waals surface area contributed by atoms with Gasteiger partial charge in [0.25, 0.3) is 0 Å². The van der Waals surface area contributed by atoms with Crippen molar-refractivity contribution in [1.29, 1.82) is 0 Å². The number of carbonyl (C=O) groups excluding carboxylic acids is 2.